The van der Waals surface area contributed by atoms with Crippen molar-refractivity contribution in [1.82, 2.24) is 0 Å². The van der Waals surface area contributed by atoms with Crippen molar-refractivity contribution in [2.75, 3.05) is 11.5 Å². The predicted octanol–water partition coefficient (Wildman–Crippen LogP) is 4.31. The number of carbonyl (C=O) groups excluding carboxylic acids is 1. The Labute approximate surface area is 166 Å². The van der Waals surface area contributed by atoms with E-state index in [4.69, 9.17) is 13.6 Å². The van der Waals surface area contributed by atoms with E-state index in [1.54, 1.807) is 29.4 Å². The molecule has 146 valence electrons. The van der Waals surface area contributed by atoms with Gasteiger partial charge in [0.15, 0.2) is 6.61 Å². The molecule has 0 saturated heterocycles. The van der Waals surface area contributed by atoms with Crippen molar-refractivity contribution >= 4 is 22.6 Å². The summed E-state index contributed by atoms with van der Waals surface area (Å²) in [4.78, 5) is 26.1. The second-order valence-electron chi connectivity index (χ2n) is 6.59. The second kappa shape index (κ2) is 8.06. The highest BCUT2D eigenvalue weighted by molar-refractivity contribution is 5.94. The minimum absolute atomic E-state index is 0.169. The highest BCUT2D eigenvalue weighted by atomic mass is 16.5. The van der Waals surface area contributed by atoms with Crippen molar-refractivity contribution in [2.24, 2.45) is 0 Å². The van der Waals surface area contributed by atoms with E-state index in [1.165, 1.54) is 6.07 Å². The van der Waals surface area contributed by atoms with Crippen molar-refractivity contribution in [3.05, 3.63) is 94.7 Å². The molecule has 2 aromatic heterocycles. The zero-order chi connectivity index (χ0) is 20.2. The molecule has 1 amide bonds. The molecule has 2 heterocycles. The van der Waals surface area contributed by atoms with Crippen LogP contribution in [0.4, 0.5) is 5.69 Å². The van der Waals surface area contributed by atoms with E-state index in [9.17, 15) is 9.59 Å². The summed E-state index contributed by atoms with van der Waals surface area (Å²) in [5, 5.41) is 0.826. The topological polar surface area (TPSA) is 72.9 Å². The Morgan fingerprint density at radius 3 is 2.62 bits per heavy atom. The Morgan fingerprint density at radius 2 is 1.86 bits per heavy atom. The highest BCUT2D eigenvalue weighted by Gasteiger charge is 2.18. The van der Waals surface area contributed by atoms with E-state index in [2.05, 4.69) is 0 Å². The summed E-state index contributed by atoms with van der Waals surface area (Å²) in [6.45, 7) is 1.97. The number of fused-ring (bicyclic) bond motifs is 1. The van der Waals surface area contributed by atoms with Gasteiger partial charge in [-0.25, -0.2) is 4.79 Å². The fraction of sp³-hybridized carbons (Fsp3) is 0.130. The van der Waals surface area contributed by atoms with Gasteiger partial charge in [0, 0.05) is 23.2 Å². The van der Waals surface area contributed by atoms with Gasteiger partial charge in [-0.05, 0) is 48.9 Å². The molecule has 29 heavy (non-hydrogen) atoms. The number of furan rings is 1. The van der Waals surface area contributed by atoms with Gasteiger partial charge in [-0.1, -0.05) is 18.2 Å². The van der Waals surface area contributed by atoms with Gasteiger partial charge < -0.3 is 18.5 Å². The van der Waals surface area contributed by atoms with Gasteiger partial charge in [0.1, 0.15) is 17.1 Å². The van der Waals surface area contributed by atoms with E-state index in [1.807, 2.05) is 49.4 Å². The average Bonchev–Trinajstić information content (AvgIpc) is 3.24. The number of aryl methyl sites for hydroxylation is 1. The normalized spacial score (nSPS) is 10.8. The molecule has 0 unspecified atom stereocenters. The number of hydrogen-bond donors (Lipinski definition) is 0. The van der Waals surface area contributed by atoms with E-state index < -0.39 is 5.63 Å². The maximum absolute atomic E-state index is 12.9. The monoisotopic (exact) mass is 389 g/mol. The molecule has 0 spiro atoms. The molecule has 0 radical (unpaired) electrons. The minimum atomic E-state index is -0.420. The van der Waals surface area contributed by atoms with Crippen LogP contribution in [-0.4, -0.2) is 12.5 Å². The first-order valence-electron chi connectivity index (χ1n) is 9.15. The van der Waals surface area contributed by atoms with Crippen LogP contribution in [-0.2, 0) is 11.3 Å². The largest absolute Gasteiger partial charge is 0.484 e. The Hall–Kier alpha value is -3.80. The Kier molecular flexibility index (Phi) is 5.16. The van der Waals surface area contributed by atoms with Gasteiger partial charge >= 0.3 is 5.63 Å². The molecule has 0 atom stereocenters. The lowest BCUT2D eigenvalue weighted by molar-refractivity contribution is -0.120. The number of carbonyl (C=O) groups is 1. The van der Waals surface area contributed by atoms with Gasteiger partial charge in [-0.2, -0.15) is 0 Å². The molecular weight excluding hydrogens is 370 g/mol. The maximum atomic E-state index is 12.9. The Morgan fingerprint density at radius 1 is 1.03 bits per heavy atom. The fourth-order valence-corrected chi connectivity index (χ4v) is 3.11. The molecule has 0 aliphatic carbocycles. The van der Waals surface area contributed by atoms with Gasteiger partial charge in [-0.3, -0.25) is 4.79 Å². The number of anilines is 1. The van der Waals surface area contributed by atoms with E-state index in [0.29, 0.717) is 23.6 Å². The third-order valence-electron chi connectivity index (χ3n) is 4.55. The summed E-state index contributed by atoms with van der Waals surface area (Å²) in [6.07, 6.45) is 1.57. The molecule has 4 aromatic rings. The Balaban J connectivity index is 1.53. The zero-order valence-electron chi connectivity index (χ0n) is 15.8. The molecular formula is C23H19NO5. The molecule has 0 aliphatic heterocycles. The summed E-state index contributed by atoms with van der Waals surface area (Å²) < 4.78 is 16.3. The number of hydrogen-bond acceptors (Lipinski definition) is 5. The van der Waals surface area contributed by atoms with Crippen LogP contribution >= 0.6 is 0 Å². The molecule has 0 saturated carbocycles. The highest BCUT2D eigenvalue weighted by Crippen LogP contribution is 2.23. The minimum Gasteiger partial charge on any atom is -0.484 e. The number of ether oxygens (including phenoxy) is 1. The van der Waals surface area contributed by atoms with Gasteiger partial charge in [0.25, 0.3) is 5.91 Å². The summed E-state index contributed by atoms with van der Waals surface area (Å²) >= 11 is 0. The van der Waals surface area contributed by atoms with E-state index in [0.717, 1.165) is 16.6 Å². The third kappa shape index (κ3) is 4.21. The van der Waals surface area contributed by atoms with Gasteiger partial charge in [-0.15, -0.1) is 0 Å². The molecule has 4 rings (SSSR count). The van der Waals surface area contributed by atoms with Crippen LogP contribution in [0.25, 0.3) is 11.0 Å². The quantitative estimate of drug-likeness (QED) is 0.460. The number of nitrogens with zero attached hydrogens (tertiary/aromatic N) is 1. The standard InChI is InChI=1S/C23H19NO5/c1-16-12-23(26)29-21-13-18(9-10-20(16)21)28-15-22(25)24(14-19-8-5-11-27-19)17-6-3-2-4-7-17/h2-13H,14-15H2,1H3. The molecule has 0 N–H and O–H groups in total. The first-order valence-corrected chi connectivity index (χ1v) is 9.15. The molecule has 2 aromatic carbocycles. The van der Waals surface area contributed by atoms with Crippen molar-refractivity contribution in [3.63, 3.8) is 0 Å². The molecule has 0 bridgehead atoms. The van der Waals surface area contributed by atoms with Crippen LogP contribution in [0, 0.1) is 6.92 Å². The summed E-state index contributed by atoms with van der Waals surface area (Å²) in [5.41, 5.74) is 1.58. The number of para-hydroxylation sites is 1. The number of benzene rings is 2. The maximum Gasteiger partial charge on any atom is 0.336 e. The second-order valence-corrected chi connectivity index (χ2v) is 6.59. The summed E-state index contributed by atoms with van der Waals surface area (Å²) in [6, 6.07) is 19.6. The van der Waals surface area contributed by atoms with Crippen LogP contribution in [0.5, 0.6) is 5.75 Å². The summed E-state index contributed by atoms with van der Waals surface area (Å²) in [5.74, 6) is 0.897. The van der Waals surface area contributed by atoms with Crippen LogP contribution in [0.3, 0.4) is 0 Å². The van der Waals surface area contributed by atoms with Crippen LogP contribution in [0.15, 0.2) is 86.6 Å². The molecule has 0 fully saturated rings. The lowest BCUT2D eigenvalue weighted by atomic mass is 10.1. The van der Waals surface area contributed by atoms with Gasteiger partial charge in [0.2, 0.25) is 0 Å². The van der Waals surface area contributed by atoms with Crippen LogP contribution in [0.1, 0.15) is 11.3 Å². The molecule has 6 nitrogen and oxygen atoms in total. The fourth-order valence-electron chi connectivity index (χ4n) is 3.11. The van der Waals surface area contributed by atoms with E-state index in [-0.39, 0.29) is 12.5 Å². The average molecular weight is 389 g/mol. The smallest absolute Gasteiger partial charge is 0.336 e. The van der Waals surface area contributed by atoms with E-state index >= 15 is 0 Å². The van der Waals surface area contributed by atoms with Crippen molar-refractivity contribution in [3.8, 4) is 5.75 Å². The van der Waals surface area contributed by atoms with Crippen LogP contribution < -0.4 is 15.3 Å². The number of amides is 1. The number of rotatable bonds is 6. The Bertz CT molecular complexity index is 1180. The molecule has 0 aliphatic rings. The SMILES string of the molecule is Cc1cc(=O)oc2cc(OCC(=O)N(Cc3ccco3)c3ccccc3)ccc12. The molecule has 6 heteroatoms. The van der Waals surface area contributed by atoms with Crippen molar-refractivity contribution < 1.29 is 18.4 Å². The zero-order valence-corrected chi connectivity index (χ0v) is 15.8. The first kappa shape index (κ1) is 18.6. The predicted molar refractivity (Wildman–Crippen MR) is 109 cm³/mol. The van der Waals surface area contributed by atoms with Gasteiger partial charge in [0.05, 0.1) is 12.8 Å². The lowest BCUT2D eigenvalue weighted by Crippen LogP contribution is -2.34. The first-order chi connectivity index (χ1) is 14.1. The summed E-state index contributed by atoms with van der Waals surface area (Å²) in [7, 11) is 0. The van der Waals surface area contributed by atoms with Crippen LogP contribution in [0.2, 0.25) is 0 Å². The van der Waals surface area contributed by atoms with Crippen molar-refractivity contribution in [2.45, 2.75) is 13.5 Å². The van der Waals surface area contributed by atoms with Crippen molar-refractivity contribution in [1.29, 1.82) is 0 Å². The third-order valence-corrected chi connectivity index (χ3v) is 4.55. The lowest BCUT2D eigenvalue weighted by Gasteiger charge is -2.22.